The molecule has 7 nitrogen and oxygen atoms in total. The van der Waals surface area contributed by atoms with E-state index in [1.54, 1.807) is 19.1 Å². The summed E-state index contributed by atoms with van der Waals surface area (Å²) in [6.45, 7) is 1.55. The Morgan fingerprint density at radius 1 is 1.04 bits per heavy atom. The molecule has 0 fully saturated rings. The Labute approximate surface area is 138 Å². The molecule has 126 valence electrons. The van der Waals surface area contributed by atoms with Gasteiger partial charge in [-0.3, -0.25) is 4.79 Å². The minimum Gasteiger partial charge on any atom is -0.507 e. The first-order chi connectivity index (χ1) is 11.4. The zero-order valence-corrected chi connectivity index (χ0v) is 13.4. The summed E-state index contributed by atoms with van der Waals surface area (Å²) in [6.07, 6.45) is 0. The number of nitrogens with one attached hydrogen (secondary N) is 1. The van der Waals surface area contributed by atoms with Crippen molar-refractivity contribution in [3.8, 4) is 17.2 Å². The molecule has 0 aromatic heterocycles. The summed E-state index contributed by atoms with van der Waals surface area (Å²) in [4.78, 5) is 23.5. The van der Waals surface area contributed by atoms with E-state index in [0.29, 0.717) is 22.6 Å². The Morgan fingerprint density at radius 3 is 2.29 bits per heavy atom. The van der Waals surface area contributed by atoms with Crippen LogP contribution in [-0.2, 0) is 0 Å². The maximum atomic E-state index is 12.3. The number of amides is 1. The number of carbonyl (C=O) groups is 2. The smallest absolute Gasteiger partial charge is 0.339 e. The first-order valence-electron chi connectivity index (χ1n) is 6.97. The van der Waals surface area contributed by atoms with Gasteiger partial charge < -0.3 is 25.0 Å². The lowest BCUT2D eigenvalue weighted by Gasteiger charge is -2.11. The van der Waals surface area contributed by atoms with Gasteiger partial charge in [-0.15, -0.1) is 0 Å². The van der Waals surface area contributed by atoms with Gasteiger partial charge in [0, 0.05) is 11.3 Å². The summed E-state index contributed by atoms with van der Waals surface area (Å²) in [5.41, 5.74) is 0.646. The predicted octanol–water partition coefficient (Wildman–Crippen LogP) is 2.67. The molecule has 0 saturated heterocycles. The van der Waals surface area contributed by atoms with Crippen LogP contribution in [0, 0.1) is 6.92 Å². The van der Waals surface area contributed by atoms with Crippen LogP contribution >= 0.6 is 0 Å². The topological polar surface area (TPSA) is 105 Å². The number of hydrogen-bond acceptors (Lipinski definition) is 5. The van der Waals surface area contributed by atoms with E-state index in [-0.39, 0.29) is 17.0 Å². The second-order valence-electron chi connectivity index (χ2n) is 5.02. The molecule has 0 bridgehead atoms. The number of carboxylic acid groups (broad SMARTS) is 1. The monoisotopic (exact) mass is 331 g/mol. The average molecular weight is 331 g/mol. The van der Waals surface area contributed by atoms with Gasteiger partial charge in [0.25, 0.3) is 5.91 Å². The van der Waals surface area contributed by atoms with Gasteiger partial charge in [-0.2, -0.15) is 0 Å². The molecular weight excluding hydrogens is 314 g/mol. The maximum absolute atomic E-state index is 12.3. The quantitative estimate of drug-likeness (QED) is 0.728. The average Bonchev–Trinajstić information content (AvgIpc) is 2.56. The minimum atomic E-state index is -1.28. The molecule has 2 aromatic rings. The predicted molar refractivity (Wildman–Crippen MR) is 87.3 cm³/mol. The number of phenols is 1. The Morgan fingerprint density at radius 2 is 1.71 bits per heavy atom. The van der Waals surface area contributed by atoms with Gasteiger partial charge in [0.2, 0.25) is 0 Å². The number of aromatic carboxylic acids is 1. The maximum Gasteiger partial charge on any atom is 0.339 e. The number of aromatic hydroxyl groups is 1. The van der Waals surface area contributed by atoms with Crippen LogP contribution in [0.3, 0.4) is 0 Å². The molecule has 0 unspecified atom stereocenters. The van der Waals surface area contributed by atoms with Crippen LogP contribution in [0.25, 0.3) is 0 Å². The van der Waals surface area contributed by atoms with E-state index in [4.69, 9.17) is 14.6 Å². The lowest BCUT2D eigenvalue weighted by Crippen LogP contribution is -2.13. The highest BCUT2D eigenvalue weighted by atomic mass is 16.5. The van der Waals surface area contributed by atoms with Gasteiger partial charge in [0.15, 0.2) is 11.5 Å². The number of ether oxygens (including phenoxy) is 2. The number of aryl methyl sites for hydroxylation is 1. The molecule has 0 aliphatic heterocycles. The van der Waals surface area contributed by atoms with Gasteiger partial charge in [-0.1, -0.05) is 0 Å². The van der Waals surface area contributed by atoms with Crippen molar-refractivity contribution in [1.29, 1.82) is 0 Å². The molecule has 0 heterocycles. The van der Waals surface area contributed by atoms with Crippen LogP contribution in [0.1, 0.15) is 26.3 Å². The molecule has 2 aromatic carbocycles. The standard InChI is InChI=1S/C17H17NO6/c1-9-6-11(8-12(15(9)19)17(21)22)18-16(20)10-4-5-13(23-2)14(7-10)24-3/h4-8,19H,1-3H3,(H,18,20)(H,21,22). The fourth-order valence-electron chi connectivity index (χ4n) is 2.20. The number of rotatable bonds is 5. The van der Waals surface area contributed by atoms with E-state index in [9.17, 15) is 14.7 Å². The Kier molecular flexibility index (Phi) is 4.93. The summed E-state index contributed by atoms with van der Waals surface area (Å²) in [6, 6.07) is 7.35. The fraction of sp³-hybridized carbons (Fsp3) is 0.176. The summed E-state index contributed by atoms with van der Waals surface area (Å²) in [5, 5.41) is 21.4. The van der Waals surface area contributed by atoms with Gasteiger partial charge in [-0.05, 0) is 42.8 Å². The van der Waals surface area contributed by atoms with Gasteiger partial charge in [0.1, 0.15) is 11.3 Å². The molecule has 0 aliphatic carbocycles. The SMILES string of the molecule is COc1ccc(C(=O)Nc2cc(C)c(O)c(C(=O)O)c2)cc1OC. The van der Waals surface area contributed by atoms with Crippen molar-refractivity contribution < 1.29 is 29.3 Å². The molecule has 7 heteroatoms. The van der Waals surface area contributed by atoms with Crippen LogP contribution in [0.4, 0.5) is 5.69 Å². The van der Waals surface area contributed by atoms with Crippen LogP contribution in [-0.4, -0.2) is 36.3 Å². The van der Waals surface area contributed by atoms with E-state index < -0.39 is 11.9 Å². The highest BCUT2D eigenvalue weighted by Crippen LogP contribution is 2.29. The van der Waals surface area contributed by atoms with E-state index in [0.717, 1.165) is 0 Å². The Hall–Kier alpha value is -3.22. The van der Waals surface area contributed by atoms with Crippen LogP contribution in [0.5, 0.6) is 17.2 Å². The number of anilines is 1. The molecule has 0 atom stereocenters. The number of hydrogen-bond donors (Lipinski definition) is 3. The van der Waals surface area contributed by atoms with Crippen LogP contribution in [0.2, 0.25) is 0 Å². The highest BCUT2D eigenvalue weighted by molar-refractivity contribution is 6.05. The third-order valence-corrected chi connectivity index (χ3v) is 3.43. The fourth-order valence-corrected chi connectivity index (χ4v) is 2.20. The molecule has 0 radical (unpaired) electrons. The van der Waals surface area contributed by atoms with Crippen molar-refractivity contribution in [3.63, 3.8) is 0 Å². The first kappa shape index (κ1) is 17.1. The molecule has 3 N–H and O–H groups in total. The normalized spacial score (nSPS) is 10.1. The third-order valence-electron chi connectivity index (χ3n) is 3.43. The largest absolute Gasteiger partial charge is 0.507 e. The lowest BCUT2D eigenvalue weighted by atomic mass is 10.1. The highest BCUT2D eigenvalue weighted by Gasteiger charge is 2.16. The molecule has 0 saturated carbocycles. The van der Waals surface area contributed by atoms with Crippen molar-refractivity contribution in [2.75, 3.05) is 19.5 Å². The molecule has 1 amide bonds. The van der Waals surface area contributed by atoms with Crippen molar-refractivity contribution in [1.82, 2.24) is 0 Å². The van der Waals surface area contributed by atoms with Crippen molar-refractivity contribution in [2.45, 2.75) is 6.92 Å². The van der Waals surface area contributed by atoms with Gasteiger partial charge >= 0.3 is 5.97 Å². The van der Waals surface area contributed by atoms with E-state index in [1.165, 1.54) is 32.4 Å². The van der Waals surface area contributed by atoms with E-state index in [2.05, 4.69) is 5.32 Å². The van der Waals surface area contributed by atoms with Crippen molar-refractivity contribution in [3.05, 3.63) is 47.0 Å². The van der Waals surface area contributed by atoms with E-state index >= 15 is 0 Å². The second kappa shape index (κ2) is 6.91. The van der Waals surface area contributed by atoms with E-state index in [1.807, 2.05) is 0 Å². The molecule has 0 aliphatic rings. The number of methoxy groups -OCH3 is 2. The Balaban J connectivity index is 2.32. The van der Waals surface area contributed by atoms with Crippen molar-refractivity contribution in [2.24, 2.45) is 0 Å². The number of benzene rings is 2. The first-order valence-corrected chi connectivity index (χ1v) is 6.97. The molecule has 24 heavy (non-hydrogen) atoms. The van der Waals surface area contributed by atoms with Crippen molar-refractivity contribution >= 4 is 17.6 Å². The minimum absolute atomic E-state index is 0.266. The zero-order chi connectivity index (χ0) is 17.9. The number of carboxylic acids is 1. The zero-order valence-electron chi connectivity index (χ0n) is 13.4. The lowest BCUT2D eigenvalue weighted by molar-refractivity contribution is 0.0693. The van der Waals surface area contributed by atoms with Gasteiger partial charge in [-0.25, -0.2) is 4.79 Å². The molecule has 2 rings (SSSR count). The Bertz CT molecular complexity index is 800. The molecule has 0 spiro atoms. The second-order valence-corrected chi connectivity index (χ2v) is 5.02. The summed E-state index contributed by atoms with van der Waals surface area (Å²) in [7, 11) is 2.95. The summed E-state index contributed by atoms with van der Waals surface area (Å²) in [5.74, 6) is -1.16. The molecular formula is C17H17NO6. The summed E-state index contributed by atoms with van der Waals surface area (Å²) >= 11 is 0. The van der Waals surface area contributed by atoms with Crippen LogP contribution in [0.15, 0.2) is 30.3 Å². The third kappa shape index (κ3) is 3.40. The summed E-state index contributed by atoms with van der Waals surface area (Å²) < 4.78 is 10.3. The van der Waals surface area contributed by atoms with Gasteiger partial charge in [0.05, 0.1) is 14.2 Å². The van der Waals surface area contributed by atoms with Crippen LogP contribution < -0.4 is 14.8 Å². The number of carbonyl (C=O) groups excluding carboxylic acids is 1.